The minimum Gasteiger partial charge on any atom is -0.512 e. The van der Waals surface area contributed by atoms with Crippen LogP contribution in [0.15, 0.2) is 12.1 Å². The molecule has 1 rings (SSSR count). The van der Waals surface area contributed by atoms with Gasteiger partial charge in [0.15, 0.2) is 11.5 Å². The largest absolute Gasteiger partial charge is 0.707 e. The molecule has 1 aromatic carbocycles. The van der Waals surface area contributed by atoms with E-state index in [1.807, 2.05) is 27.7 Å². The van der Waals surface area contributed by atoms with Crippen molar-refractivity contribution in [2.24, 2.45) is 0 Å². The van der Waals surface area contributed by atoms with Crippen molar-refractivity contribution < 1.29 is 28.9 Å². The van der Waals surface area contributed by atoms with Gasteiger partial charge in [0.25, 0.3) is 0 Å². The Kier molecular flexibility index (Phi) is 5.97. The van der Waals surface area contributed by atoms with E-state index in [1.165, 1.54) is 19.2 Å². The molecule has 0 bridgehead atoms. The van der Waals surface area contributed by atoms with Gasteiger partial charge < -0.3 is 28.9 Å². The Hall–Kier alpha value is -1.60. The molecule has 0 spiro atoms. The highest BCUT2D eigenvalue weighted by Crippen LogP contribution is 2.42. The SMILES string of the molecule is COc1c(OC(C)C)cc(OB(O)O)cc1OC(C)C. The van der Waals surface area contributed by atoms with Gasteiger partial charge in [0.1, 0.15) is 5.75 Å². The van der Waals surface area contributed by atoms with Crippen LogP contribution in [0.5, 0.6) is 23.0 Å². The molecule has 0 aromatic heterocycles. The van der Waals surface area contributed by atoms with Gasteiger partial charge in [0.05, 0.1) is 19.3 Å². The Bertz CT molecular complexity index is 402. The van der Waals surface area contributed by atoms with Crippen LogP contribution in [0.3, 0.4) is 0 Å². The average molecular weight is 284 g/mol. The molecule has 0 unspecified atom stereocenters. The maximum Gasteiger partial charge on any atom is 0.707 e. The Labute approximate surface area is 119 Å². The third kappa shape index (κ3) is 4.83. The number of hydrogen-bond acceptors (Lipinski definition) is 6. The fourth-order valence-electron chi connectivity index (χ4n) is 1.63. The van der Waals surface area contributed by atoms with Crippen molar-refractivity contribution in [3.63, 3.8) is 0 Å². The summed E-state index contributed by atoms with van der Waals surface area (Å²) in [5, 5.41) is 17.8. The van der Waals surface area contributed by atoms with Gasteiger partial charge in [-0.25, -0.2) is 0 Å². The van der Waals surface area contributed by atoms with E-state index in [9.17, 15) is 0 Å². The van der Waals surface area contributed by atoms with Crippen molar-refractivity contribution in [2.45, 2.75) is 39.9 Å². The zero-order chi connectivity index (χ0) is 15.3. The van der Waals surface area contributed by atoms with Gasteiger partial charge in [-0.15, -0.1) is 0 Å². The van der Waals surface area contributed by atoms with Crippen LogP contribution in [-0.4, -0.2) is 36.7 Å². The van der Waals surface area contributed by atoms with Crippen molar-refractivity contribution in [3.8, 4) is 23.0 Å². The molecule has 1 aromatic rings. The van der Waals surface area contributed by atoms with Gasteiger partial charge in [-0.3, -0.25) is 0 Å². The Morgan fingerprint density at radius 3 is 1.70 bits per heavy atom. The summed E-state index contributed by atoms with van der Waals surface area (Å²) in [5.41, 5.74) is 0. The van der Waals surface area contributed by atoms with Crippen molar-refractivity contribution in [1.82, 2.24) is 0 Å². The highest BCUT2D eigenvalue weighted by atomic mass is 16.6. The van der Waals surface area contributed by atoms with Crippen molar-refractivity contribution >= 4 is 7.32 Å². The third-order valence-electron chi connectivity index (χ3n) is 2.17. The van der Waals surface area contributed by atoms with E-state index in [-0.39, 0.29) is 18.0 Å². The molecule has 2 N–H and O–H groups in total. The lowest BCUT2D eigenvalue weighted by molar-refractivity contribution is 0.207. The van der Waals surface area contributed by atoms with Crippen LogP contribution in [0, 0.1) is 0 Å². The summed E-state index contributed by atoms with van der Waals surface area (Å²) < 4.78 is 21.4. The van der Waals surface area contributed by atoms with Gasteiger partial charge >= 0.3 is 7.32 Å². The first-order valence-corrected chi connectivity index (χ1v) is 6.41. The van der Waals surface area contributed by atoms with E-state index >= 15 is 0 Å². The van der Waals surface area contributed by atoms with Crippen LogP contribution in [0.4, 0.5) is 0 Å². The van der Waals surface area contributed by atoms with E-state index in [1.54, 1.807) is 0 Å². The number of rotatable bonds is 7. The second kappa shape index (κ2) is 7.26. The lowest BCUT2D eigenvalue weighted by Crippen LogP contribution is -2.21. The zero-order valence-electron chi connectivity index (χ0n) is 12.4. The smallest absolute Gasteiger partial charge is 0.512 e. The monoisotopic (exact) mass is 284 g/mol. The Morgan fingerprint density at radius 2 is 1.40 bits per heavy atom. The van der Waals surface area contributed by atoms with Crippen LogP contribution < -0.4 is 18.9 Å². The molecule has 0 saturated heterocycles. The summed E-state index contributed by atoms with van der Waals surface area (Å²) in [6.07, 6.45) is -0.157. The van der Waals surface area contributed by atoms with Gasteiger partial charge in [-0.1, -0.05) is 0 Å². The molecule has 20 heavy (non-hydrogen) atoms. The van der Waals surface area contributed by atoms with Crippen LogP contribution in [0.25, 0.3) is 0 Å². The topological polar surface area (TPSA) is 77.4 Å². The second-order valence-corrected chi connectivity index (χ2v) is 4.73. The zero-order valence-corrected chi connectivity index (χ0v) is 12.4. The molecule has 0 aliphatic heterocycles. The van der Waals surface area contributed by atoms with Crippen LogP contribution in [0.2, 0.25) is 0 Å². The summed E-state index contributed by atoms with van der Waals surface area (Å²) in [6.45, 7) is 7.49. The summed E-state index contributed by atoms with van der Waals surface area (Å²) in [6, 6.07) is 3.04. The Balaban J connectivity index is 3.23. The molecule has 0 radical (unpaired) electrons. The fraction of sp³-hybridized carbons (Fsp3) is 0.538. The first-order chi connectivity index (χ1) is 9.33. The number of hydrogen-bond donors (Lipinski definition) is 2. The molecule has 0 heterocycles. The molecular weight excluding hydrogens is 263 g/mol. The summed E-state index contributed by atoms with van der Waals surface area (Å²) in [4.78, 5) is 0. The van der Waals surface area contributed by atoms with Crippen LogP contribution in [-0.2, 0) is 0 Å². The van der Waals surface area contributed by atoms with E-state index in [2.05, 4.69) is 0 Å². The van der Waals surface area contributed by atoms with Crippen LogP contribution in [0.1, 0.15) is 27.7 Å². The van der Waals surface area contributed by atoms with E-state index < -0.39 is 7.32 Å². The van der Waals surface area contributed by atoms with Crippen molar-refractivity contribution in [2.75, 3.05) is 7.11 Å². The van der Waals surface area contributed by atoms with Gasteiger partial charge in [0.2, 0.25) is 5.75 Å². The van der Waals surface area contributed by atoms with Gasteiger partial charge in [-0.05, 0) is 27.7 Å². The van der Waals surface area contributed by atoms with E-state index in [4.69, 9.17) is 28.9 Å². The molecule has 0 saturated carbocycles. The minimum atomic E-state index is -1.91. The predicted octanol–water partition coefficient (Wildman–Crippen LogP) is 1.62. The summed E-state index contributed by atoms with van der Waals surface area (Å²) in [7, 11) is -0.404. The van der Waals surface area contributed by atoms with E-state index in [0.717, 1.165) is 0 Å². The number of ether oxygens (including phenoxy) is 3. The molecule has 6 nitrogen and oxygen atoms in total. The quantitative estimate of drug-likeness (QED) is 0.741. The normalized spacial score (nSPS) is 10.7. The first kappa shape index (κ1) is 16.5. The minimum absolute atomic E-state index is 0.0786. The summed E-state index contributed by atoms with van der Waals surface area (Å²) in [5.74, 6) is 1.48. The van der Waals surface area contributed by atoms with Crippen molar-refractivity contribution in [3.05, 3.63) is 12.1 Å². The maximum atomic E-state index is 8.90. The molecule has 0 aliphatic rings. The number of benzene rings is 1. The van der Waals surface area contributed by atoms with Gasteiger partial charge in [-0.2, -0.15) is 0 Å². The molecule has 112 valence electrons. The summed E-state index contributed by atoms with van der Waals surface area (Å²) >= 11 is 0. The molecule has 7 heteroatoms. The molecule has 0 aliphatic carbocycles. The average Bonchev–Trinajstić information content (AvgIpc) is 2.26. The highest BCUT2D eigenvalue weighted by Gasteiger charge is 2.20. The third-order valence-corrected chi connectivity index (χ3v) is 2.17. The first-order valence-electron chi connectivity index (χ1n) is 6.41. The van der Waals surface area contributed by atoms with Crippen LogP contribution >= 0.6 is 0 Å². The lowest BCUT2D eigenvalue weighted by Gasteiger charge is -2.20. The van der Waals surface area contributed by atoms with Gasteiger partial charge in [0, 0.05) is 12.1 Å². The highest BCUT2D eigenvalue weighted by molar-refractivity contribution is 6.33. The molecule has 0 amide bonds. The van der Waals surface area contributed by atoms with E-state index in [0.29, 0.717) is 17.2 Å². The second-order valence-electron chi connectivity index (χ2n) is 4.73. The van der Waals surface area contributed by atoms with Crippen molar-refractivity contribution in [1.29, 1.82) is 0 Å². The standard InChI is InChI=1S/C13H21BO6/c1-8(2)18-11-6-10(20-14(15)16)7-12(13(11)17-5)19-9(3)4/h6-9,15-16H,1-5H3. The maximum absolute atomic E-state index is 8.90. The Morgan fingerprint density at radius 1 is 0.950 bits per heavy atom. The lowest BCUT2D eigenvalue weighted by atomic mass is 10.2. The molecule has 0 atom stereocenters. The molecule has 0 fully saturated rings. The predicted molar refractivity (Wildman–Crippen MR) is 75.3 cm³/mol. The molecular formula is C13H21BO6. The number of methoxy groups -OCH3 is 1. The fourth-order valence-corrected chi connectivity index (χ4v) is 1.63.